The number of nitrogens with one attached hydrogen (secondary N) is 2. The van der Waals surface area contributed by atoms with Gasteiger partial charge in [-0.3, -0.25) is 4.79 Å². The summed E-state index contributed by atoms with van der Waals surface area (Å²) in [5.41, 5.74) is 3.26. The van der Waals surface area contributed by atoms with Gasteiger partial charge in [-0.1, -0.05) is 6.07 Å². The van der Waals surface area contributed by atoms with Gasteiger partial charge in [0, 0.05) is 12.3 Å². The molecule has 0 saturated carbocycles. The van der Waals surface area contributed by atoms with Crippen LogP contribution in [0.2, 0.25) is 0 Å². The highest BCUT2D eigenvalue weighted by Gasteiger charge is 2.02. The molecule has 112 valence electrons. The molecule has 20 heavy (non-hydrogen) atoms. The molecule has 0 aliphatic heterocycles. The van der Waals surface area contributed by atoms with Crippen LogP contribution in [-0.2, 0) is 9.53 Å². The molecule has 2 N–H and O–H groups in total. The molecule has 1 aromatic rings. The van der Waals surface area contributed by atoms with Crippen LogP contribution in [0.1, 0.15) is 31.4 Å². The number of hydrogen-bond donors (Lipinski definition) is 2. The van der Waals surface area contributed by atoms with Crippen molar-refractivity contribution < 1.29 is 9.53 Å². The van der Waals surface area contributed by atoms with Crippen LogP contribution in [0.5, 0.6) is 0 Å². The number of carbonyl (C=O) groups is 1. The minimum Gasteiger partial charge on any atom is -0.379 e. The molecule has 0 heterocycles. The van der Waals surface area contributed by atoms with Crippen LogP contribution < -0.4 is 10.6 Å². The first-order valence-corrected chi connectivity index (χ1v) is 7.18. The molecule has 1 aromatic carbocycles. The summed E-state index contributed by atoms with van der Waals surface area (Å²) < 4.78 is 5.43. The van der Waals surface area contributed by atoms with Gasteiger partial charge < -0.3 is 15.4 Å². The summed E-state index contributed by atoms with van der Waals surface area (Å²) in [6.45, 7) is 9.97. The van der Waals surface area contributed by atoms with E-state index in [2.05, 4.69) is 17.6 Å². The van der Waals surface area contributed by atoms with Gasteiger partial charge in [-0.2, -0.15) is 0 Å². The van der Waals surface area contributed by atoms with E-state index in [1.807, 2.05) is 39.0 Å². The van der Waals surface area contributed by atoms with E-state index in [0.717, 1.165) is 25.3 Å². The summed E-state index contributed by atoms with van der Waals surface area (Å²) in [7, 11) is 0. The third-order valence-corrected chi connectivity index (χ3v) is 3.03. The van der Waals surface area contributed by atoms with Crippen molar-refractivity contribution in [1.29, 1.82) is 0 Å². The van der Waals surface area contributed by atoms with Crippen molar-refractivity contribution >= 4 is 11.6 Å². The van der Waals surface area contributed by atoms with Crippen LogP contribution in [0.25, 0.3) is 0 Å². The SMILES string of the molecule is Cc1ccc(NC(=O)CNCCCOC(C)C)cc1C. The van der Waals surface area contributed by atoms with Crippen LogP contribution in [0, 0.1) is 13.8 Å². The van der Waals surface area contributed by atoms with Gasteiger partial charge in [0.05, 0.1) is 12.6 Å². The highest BCUT2D eigenvalue weighted by atomic mass is 16.5. The number of amides is 1. The quantitative estimate of drug-likeness (QED) is 0.719. The van der Waals surface area contributed by atoms with Gasteiger partial charge in [0.1, 0.15) is 0 Å². The fourth-order valence-corrected chi connectivity index (χ4v) is 1.74. The van der Waals surface area contributed by atoms with E-state index in [1.165, 1.54) is 11.1 Å². The summed E-state index contributed by atoms with van der Waals surface area (Å²) in [4.78, 5) is 11.7. The molecule has 0 fully saturated rings. The van der Waals surface area contributed by atoms with E-state index < -0.39 is 0 Å². The first kappa shape index (κ1) is 16.7. The lowest BCUT2D eigenvalue weighted by Crippen LogP contribution is -2.29. The maximum atomic E-state index is 11.7. The molecule has 1 rings (SSSR count). The second kappa shape index (κ2) is 8.72. The van der Waals surface area contributed by atoms with Crippen LogP contribution in [0.15, 0.2) is 18.2 Å². The Bertz CT molecular complexity index is 430. The minimum atomic E-state index is -0.0157. The summed E-state index contributed by atoms with van der Waals surface area (Å²) >= 11 is 0. The lowest BCUT2D eigenvalue weighted by molar-refractivity contribution is -0.115. The Kier molecular flexibility index (Phi) is 7.26. The number of ether oxygens (including phenoxy) is 1. The van der Waals surface area contributed by atoms with E-state index in [-0.39, 0.29) is 12.0 Å². The molecule has 4 nitrogen and oxygen atoms in total. The van der Waals surface area contributed by atoms with Gasteiger partial charge in [-0.25, -0.2) is 0 Å². The Morgan fingerprint density at radius 2 is 2.00 bits per heavy atom. The van der Waals surface area contributed by atoms with Crippen LogP contribution in [0.3, 0.4) is 0 Å². The maximum absolute atomic E-state index is 11.7. The molecule has 0 aliphatic carbocycles. The standard InChI is InChI=1S/C16H26N2O2/c1-12(2)20-9-5-8-17-11-16(19)18-15-7-6-13(3)14(4)10-15/h6-7,10,12,17H,5,8-9,11H2,1-4H3,(H,18,19). The summed E-state index contributed by atoms with van der Waals surface area (Å²) in [6, 6.07) is 5.93. The summed E-state index contributed by atoms with van der Waals surface area (Å²) in [5.74, 6) is -0.0157. The molecule has 0 saturated heterocycles. The summed E-state index contributed by atoms with van der Waals surface area (Å²) in [6.07, 6.45) is 1.18. The highest BCUT2D eigenvalue weighted by Crippen LogP contribution is 2.13. The molecule has 4 heteroatoms. The van der Waals surface area contributed by atoms with Gasteiger partial charge in [-0.15, -0.1) is 0 Å². The van der Waals surface area contributed by atoms with Gasteiger partial charge in [0.25, 0.3) is 0 Å². The second-order valence-corrected chi connectivity index (χ2v) is 5.30. The zero-order valence-electron chi connectivity index (χ0n) is 13.0. The van der Waals surface area contributed by atoms with E-state index in [0.29, 0.717) is 6.54 Å². The van der Waals surface area contributed by atoms with Crippen LogP contribution >= 0.6 is 0 Å². The van der Waals surface area contributed by atoms with Crippen molar-refractivity contribution in [3.63, 3.8) is 0 Å². The van der Waals surface area contributed by atoms with Crippen molar-refractivity contribution in [2.24, 2.45) is 0 Å². The second-order valence-electron chi connectivity index (χ2n) is 5.30. The van der Waals surface area contributed by atoms with Crippen molar-refractivity contribution in [2.45, 2.75) is 40.2 Å². The number of benzene rings is 1. The fraction of sp³-hybridized carbons (Fsp3) is 0.562. The molecular weight excluding hydrogens is 252 g/mol. The molecule has 0 aliphatic rings. The fourth-order valence-electron chi connectivity index (χ4n) is 1.74. The predicted molar refractivity (Wildman–Crippen MR) is 83.1 cm³/mol. The van der Waals surface area contributed by atoms with Crippen molar-refractivity contribution in [3.05, 3.63) is 29.3 Å². The zero-order valence-corrected chi connectivity index (χ0v) is 13.0. The smallest absolute Gasteiger partial charge is 0.238 e. The van der Waals surface area contributed by atoms with Crippen molar-refractivity contribution in [1.82, 2.24) is 5.32 Å². The van der Waals surface area contributed by atoms with Gasteiger partial charge in [0.15, 0.2) is 0 Å². The van der Waals surface area contributed by atoms with Crippen LogP contribution in [0.4, 0.5) is 5.69 Å². The average molecular weight is 278 g/mol. The molecular formula is C16H26N2O2. The number of anilines is 1. The Morgan fingerprint density at radius 3 is 2.65 bits per heavy atom. The first-order valence-electron chi connectivity index (χ1n) is 7.18. The Labute approximate surface area is 121 Å². The van der Waals surface area contributed by atoms with Crippen LogP contribution in [-0.4, -0.2) is 31.7 Å². The zero-order chi connectivity index (χ0) is 15.0. The topological polar surface area (TPSA) is 50.4 Å². The lowest BCUT2D eigenvalue weighted by Gasteiger charge is -2.09. The van der Waals surface area contributed by atoms with E-state index in [4.69, 9.17) is 4.74 Å². The Balaban J connectivity index is 2.18. The molecule has 0 aromatic heterocycles. The molecule has 0 spiro atoms. The Hall–Kier alpha value is -1.39. The predicted octanol–water partition coefficient (Wildman–Crippen LogP) is 2.65. The average Bonchev–Trinajstić information content (AvgIpc) is 2.38. The molecule has 0 bridgehead atoms. The number of rotatable bonds is 8. The molecule has 0 atom stereocenters. The van der Waals surface area contributed by atoms with E-state index >= 15 is 0 Å². The van der Waals surface area contributed by atoms with Gasteiger partial charge >= 0.3 is 0 Å². The van der Waals surface area contributed by atoms with Crippen molar-refractivity contribution in [2.75, 3.05) is 25.0 Å². The molecule has 0 radical (unpaired) electrons. The third kappa shape index (κ3) is 6.68. The van der Waals surface area contributed by atoms with E-state index in [1.54, 1.807) is 0 Å². The van der Waals surface area contributed by atoms with E-state index in [9.17, 15) is 4.79 Å². The first-order chi connectivity index (χ1) is 9.49. The lowest BCUT2D eigenvalue weighted by atomic mass is 10.1. The Morgan fingerprint density at radius 1 is 1.25 bits per heavy atom. The van der Waals surface area contributed by atoms with Gasteiger partial charge in [0.2, 0.25) is 5.91 Å². The number of aryl methyl sites for hydroxylation is 2. The normalized spacial score (nSPS) is 10.8. The molecule has 0 unspecified atom stereocenters. The summed E-state index contributed by atoms with van der Waals surface area (Å²) in [5, 5.41) is 6.00. The molecule has 1 amide bonds. The largest absolute Gasteiger partial charge is 0.379 e. The number of carbonyl (C=O) groups excluding carboxylic acids is 1. The highest BCUT2D eigenvalue weighted by molar-refractivity contribution is 5.92. The number of hydrogen-bond acceptors (Lipinski definition) is 3. The monoisotopic (exact) mass is 278 g/mol. The van der Waals surface area contributed by atoms with Gasteiger partial charge in [-0.05, 0) is 63.9 Å². The maximum Gasteiger partial charge on any atom is 0.238 e. The third-order valence-electron chi connectivity index (χ3n) is 3.03. The van der Waals surface area contributed by atoms with Crippen molar-refractivity contribution in [3.8, 4) is 0 Å². The minimum absolute atomic E-state index is 0.0157.